The first-order valence-corrected chi connectivity index (χ1v) is 9.71. The van der Waals surface area contributed by atoms with Crippen LogP contribution in [0.25, 0.3) is 0 Å². The maximum Gasteiger partial charge on any atom is 0.0791 e. The van der Waals surface area contributed by atoms with Crippen molar-refractivity contribution < 1.29 is 9.84 Å². The summed E-state index contributed by atoms with van der Waals surface area (Å²) in [6, 6.07) is 8.57. The molecule has 2 aliphatic heterocycles. The molecule has 2 heterocycles. The highest BCUT2D eigenvalue weighted by molar-refractivity contribution is 5.54. The number of anilines is 1. The second kappa shape index (κ2) is 8.99. The molecule has 2 N–H and O–H groups in total. The average Bonchev–Trinajstić information content (AvgIpc) is 3.07. The van der Waals surface area contributed by atoms with Gasteiger partial charge < -0.3 is 25.0 Å². The number of para-hydroxylation sites is 1. The summed E-state index contributed by atoms with van der Waals surface area (Å²) < 4.78 is 5.86. The first-order valence-electron chi connectivity index (χ1n) is 9.71. The normalized spacial score (nSPS) is 26.1. The van der Waals surface area contributed by atoms with Crippen molar-refractivity contribution in [1.82, 2.24) is 10.2 Å². The van der Waals surface area contributed by atoms with Gasteiger partial charge in [0.1, 0.15) is 0 Å². The van der Waals surface area contributed by atoms with Gasteiger partial charge >= 0.3 is 0 Å². The van der Waals surface area contributed by atoms with Gasteiger partial charge in [0, 0.05) is 38.4 Å². The molecule has 0 aliphatic carbocycles. The highest BCUT2D eigenvalue weighted by atomic mass is 16.5. The minimum atomic E-state index is -0.298. The number of likely N-dealkylation sites (tertiary alicyclic amines) is 1. The summed E-state index contributed by atoms with van der Waals surface area (Å²) in [4.78, 5) is 4.79. The topological polar surface area (TPSA) is 48.0 Å². The quantitative estimate of drug-likeness (QED) is 0.788. The third kappa shape index (κ3) is 5.42. The van der Waals surface area contributed by atoms with Crippen LogP contribution in [0.15, 0.2) is 24.3 Å². The average molecular weight is 348 g/mol. The van der Waals surface area contributed by atoms with E-state index in [9.17, 15) is 5.11 Å². The Kier molecular flexibility index (Phi) is 6.70. The number of nitrogens with one attached hydrogen (secondary N) is 1. The van der Waals surface area contributed by atoms with E-state index in [4.69, 9.17) is 4.74 Å². The zero-order valence-corrected chi connectivity index (χ0v) is 15.7. The lowest BCUT2D eigenvalue weighted by molar-refractivity contribution is -0.00526. The monoisotopic (exact) mass is 347 g/mol. The van der Waals surface area contributed by atoms with E-state index in [-0.39, 0.29) is 18.3 Å². The molecule has 0 spiro atoms. The lowest BCUT2D eigenvalue weighted by atomic mass is 10.1. The van der Waals surface area contributed by atoms with Crippen LogP contribution in [0.3, 0.4) is 0 Å². The number of rotatable bonds is 7. The van der Waals surface area contributed by atoms with Crippen molar-refractivity contribution in [2.45, 2.75) is 51.5 Å². The number of benzene rings is 1. The van der Waals surface area contributed by atoms with E-state index in [2.05, 4.69) is 53.2 Å². The fraction of sp³-hybridized carbons (Fsp3) is 0.700. The van der Waals surface area contributed by atoms with Gasteiger partial charge in [-0.15, -0.1) is 0 Å². The summed E-state index contributed by atoms with van der Waals surface area (Å²) in [5.74, 6) is 0. The molecular weight excluding hydrogens is 314 g/mol. The minimum absolute atomic E-state index is 0.257. The molecule has 3 rings (SSSR count). The van der Waals surface area contributed by atoms with E-state index in [1.54, 1.807) is 0 Å². The largest absolute Gasteiger partial charge is 0.390 e. The van der Waals surface area contributed by atoms with Crippen LogP contribution in [0.2, 0.25) is 0 Å². The Morgan fingerprint density at radius 2 is 1.84 bits per heavy atom. The predicted octanol–water partition coefficient (Wildman–Crippen LogP) is 1.85. The Balaban J connectivity index is 1.52. The Morgan fingerprint density at radius 3 is 2.56 bits per heavy atom. The van der Waals surface area contributed by atoms with Crippen molar-refractivity contribution in [1.29, 1.82) is 0 Å². The first kappa shape index (κ1) is 18.6. The number of nitrogens with zero attached hydrogens (tertiary/aromatic N) is 2. The summed E-state index contributed by atoms with van der Waals surface area (Å²) in [6.07, 6.45) is 2.75. The van der Waals surface area contributed by atoms with Crippen LogP contribution in [-0.4, -0.2) is 67.6 Å². The Bertz CT molecular complexity index is 523. The van der Waals surface area contributed by atoms with Crippen molar-refractivity contribution in [2.24, 2.45) is 0 Å². The second-order valence-corrected chi connectivity index (χ2v) is 7.58. The van der Waals surface area contributed by atoms with Crippen LogP contribution in [0.4, 0.5) is 5.69 Å². The van der Waals surface area contributed by atoms with Gasteiger partial charge in [-0.25, -0.2) is 0 Å². The fourth-order valence-electron chi connectivity index (χ4n) is 4.04. The Hall–Kier alpha value is -1.14. The molecule has 3 unspecified atom stereocenters. The summed E-state index contributed by atoms with van der Waals surface area (Å²) in [5, 5.41) is 13.7. The van der Waals surface area contributed by atoms with E-state index < -0.39 is 0 Å². The third-order valence-electron chi connectivity index (χ3n) is 5.11. The maximum atomic E-state index is 10.2. The van der Waals surface area contributed by atoms with E-state index in [0.717, 1.165) is 39.3 Å². The molecular formula is C20H33N3O2. The molecule has 2 fully saturated rings. The smallest absolute Gasteiger partial charge is 0.0791 e. The molecule has 0 saturated carbocycles. The Labute approximate surface area is 152 Å². The molecule has 2 saturated heterocycles. The zero-order chi connectivity index (χ0) is 17.6. The molecule has 0 bridgehead atoms. The molecule has 0 aromatic heterocycles. The van der Waals surface area contributed by atoms with Crippen LogP contribution in [0.1, 0.15) is 32.3 Å². The number of hydrogen-bond donors (Lipinski definition) is 2. The summed E-state index contributed by atoms with van der Waals surface area (Å²) in [6.45, 7) is 10.6. The van der Waals surface area contributed by atoms with Crippen LogP contribution in [0, 0.1) is 0 Å². The van der Waals surface area contributed by atoms with Gasteiger partial charge in [0.25, 0.3) is 0 Å². The number of aliphatic hydroxyl groups excluding tert-OH is 1. The third-order valence-corrected chi connectivity index (χ3v) is 5.11. The SMILES string of the molecule is CC1CN(c2ccccc2CNCC(O)CN2CCCC2)CC(C)O1. The molecule has 5 heteroatoms. The number of aliphatic hydroxyl groups is 1. The highest BCUT2D eigenvalue weighted by Crippen LogP contribution is 2.24. The zero-order valence-electron chi connectivity index (χ0n) is 15.7. The van der Waals surface area contributed by atoms with E-state index in [1.807, 2.05) is 0 Å². The van der Waals surface area contributed by atoms with Crippen molar-refractivity contribution in [2.75, 3.05) is 44.2 Å². The van der Waals surface area contributed by atoms with Crippen LogP contribution < -0.4 is 10.2 Å². The standard InChI is InChI=1S/C20H33N3O2/c1-16-13-23(14-17(2)25-16)20-8-4-3-7-18(20)11-21-12-19(24)15-22-9-5-6-10-22/h3-4,7-8,16-17,19,21,24H,5-6,9-15H2,1-2H3. The summed E-state index contributed by atoms with van der Waals surface area (Å²) in [5.41, 5.74) is 2.57. The molecule has 1 aromatic rings. The van der Waals surface area contributed by atoms with E-state index in [1.165, 1.54) is 24.1 Å². The first-order chi connectivity index (χ1) is 12.1. The van der Waals surface area contributed by atoms with Crippen LogP contribution in [0.5, 0.6) is 0 Å². The maximum absolute atomic E-state index is 10.2. The van der Waals surface area contributed by atoms with E-state index in [0.29, 0.717) is 6.54 Å². The van der Waals surface area contributed by atoms with Gasteiger partial charge in [0.15, 0.2) is 0 Å². The lowest BCUT2D eigenvalue weighted by Gasteiger charge is -2.37. The van der Waals surface area contributed by atoms with Crippen molar-refractivity contribution >= 4 is 5.69 Å². The Morgan fingerprint density at radius 1 is 1.16 bits per heavy atom. The van der Waals surface area contributed by atoms with E-state index >= 15 is 0 Å². The molecule has 0 radical (unpaired) electrons. The van der Waals surface area contributed by atoms with Crippen molar-refractivity contribution in [3.8, 4) is 0 Å². The number of ether oxygens (including phenoxy) is 1. The van der Waals surface area contributed by atoms with Crippen LogP contribution >= 0.6 is 0 Å². The number of hydrogen-bond acceptors (Lipinski definition) is 5. The van der Waals surface area contributed by atoms with Gasteiger partial charge in [-0.2, -0.15) is 0 Å². The van der Waals surface area contributed by atoms with Gasteiger partial charge in [-0.1, -0.05) is 18.2 Å². The molecule has 25 heavy (non-hydrogen) atoms. The van der Waals surface area contributed by atoms with Gasteiger partial charge in [-0.3, -0.25) is 0 Å². The summed E-state index contributed by atoms with van der Waals surface area (Å²) >= 11 is 0. The van der Waals surface area contributed by atoms with Crippen LogP contribution in [-0.2, 0) is 11.3 Å². The fourth-order valence-corrected chi connectivity index (χ4v) is 4.04. The predicted molar refractivity (Wildman–Crippen MR) is 102 cm³/mol. The molecule has 140 valence electrons. The summed E-state index contributed by atoms with van der Waals surface area (Å²) in [7, 11) is 0. The highest BCUT2D eigenvalue weighted by Gasteiger charge is 2.23. The van der Waals surface area contributed by atoms with Crippen molar-refractivity contribution in [3.05, 3.63) is 29.8 Å². The number of β-amino-alcohol motifs (C(OH)–C–C–N with tert-alkyl or cyclic N) is 1. The van der Waals surface area contributed by atoms with Gasteiger partial charge in [0.05, 0.1) is 18.3 Å². The lowest BCUT2D eigenvalue weighted by Crippen LogP contribution is -2.46. The molecule has 3 atom stereocenters. The van der Waals surface area contributed by atoms with Crippen molar-refractivity contribution in [3.63, 3.8) is 0 Å². The minimum Gasteiger partial charge on any atom is -0.390 e. The van der Waals surface area contributed by atoms with Gasteiger partial charge in [0.2, 0.25) is 0 Å². The molecule has 2 aliphatic rings. The van der Waals surface area contributed by atoms with Gasteiger partial charge in [-0.05, 0) is 51.4 Å². The molecule has 0 amide bonds. The second-order valence-electron chi connectivity index (χ2n) is 7.58. The number of morpholine rings is 1. The molecule has 1 aromatic carbocycles. The molecule has 5 nitrogen and oxygen atoms in total.